The van der Waals surface area contributed by atoms with Crippen molar-refractivity contribution in [3.8, 4) is 0 Å². The maximum Gasteiger partial charge on any atom is 0.234 e. The summed E-state index contributed by atoms with van der Waals surface area (Å²) in [4.78, 5) is 13.8. The average Bonchev–Trinajstić information content (AvgIpc) is 2.26. The second-order valence-corrected chi connectivity index (χ2v) is 4.85. The molecule has 1 aliphatic rings. The van der Waals surface area contributed by atoms with Crippen molar-refractivity contribution in [3.05, 3.63) is 0 Å². The molecule has 0 aromatic carbocycles. The zero-order valence-electron chi connectivity index (χ0n) is 10.9. The van der Waals surface area contributed by atoms with Crippen LogP contribution in [0.4, 0.5) is 0 Å². The van der Waals surface area contributed by atoms with Gasteiger partial charge < -0.3 is 11.1 Å². The Labute approximate surface area is 111 Å². The molecule has 1 aliphatic heterocycles. The molecule has 0 aliphatic carbocycles. The van der Waals surface area contributed by atoms with Crippen LogP contribution < -0.4 is 11.1 Å². The number of nitrogens with two attached hydrogens (primary N) is 1. The van der Waals surface area contributed by atoms with Gasteiger partial charge in [-0.05, 0) is 38.6 Å². The Hall–Kier alpha value is -0.320. The standard InChI is InChI=1S/C12H25N3O.ClH/c1-3-6-14-12(16)9-15-7-4-5-11(8-15)10(2)13;/h10-11H,3-9,13H2,1-2H3,(H,14,16);1H. The van der Waals surface area contributed by atoms with Crippen molar-refractivity contribution in [3.63, 3.8) is 0 Å². The van der Waals surface area contributed by atoms with Gasteiger partial charge in [0.05, 0.1) is 6.54 Å². The van der Waals surface area contributed by atoms with Crippen LogP contribution in [0.3, 0.4) is 0 Å². The highest BCUT2D eigenvalue weighted by molar-refractivity contribution is 5.85. The number of carbonyl (C=O) groups excluding carboxylic acids is 1. The van der Waals surface area contributed by atoms with Crippen molar-refractivity contribution in [2.75, 3.05) is 26.2 Å². The molecule has 3 N–H and O–H groups in total. The zero-order valence-corrected chi connectivity index (χ0v) is 11.8. The Kier molecular flexibility index (Phi) is 8.56. The van der Waals surface area contributed by atoms with E-state index in [0.717, 1.165) is 32.5 Å². The Morgan fingerprint density at radius 3 is 2.88 bits per heavy atom. The summed E-state index contributed by atoms with van der Waals surface area (Å²) in [5.41, 5.74) is 5.91. The fourth-order valence-corrected chi connectivity index (χ4v) is 2.19. The molecule has 1 fully saturated rings. The van der Waals surface area contributed by atoms with Crippen LogP contribution in [0.15, 0.2) is 0 Å². The van der Waals surface area contributed by atoms with Crippen LogP contribution in [0.25, 0.3) is 0 Å². The molecule has 1 heterocycles. The summed E-state index contributed by atoms with van der Waals surface area (Å²) in [6.45, 7) is 7.44. The molecule has 1 saturated heterocycles. The first kappa shape index (κ1) is 16.7. The largest absolute Gasteiger partial charge is 0.355 e. The van der Waals surface area contributed by atoms with Crippen LogP contribution in [0.5, 0.6) is 0 Å². The van der Waals surface area contributed by atoms with Gasteiger partial charge in [0.25, 0.3) is 0 Å². The lowest BCUT2D eigenvalue weighted by Gasteiger charge is -2.34. The lowest BCUT2D eigenvalue weighted by molar-refractivity contribution is -0.122. The summed E-state index contributed by atoms with van der Waals surface area (Å²) < 4.78 is 0. The van der Waals surface area contributed by atoms with Gasteiger partial charge >= 0.3 is 0 Å². The molecule has 1 rings (SSSR count). The monoisotopic (exact) mass is 263 g/mol. The van der Waals surface area contributed by atoms with E-state index in [2.05, 4.69) is 24.1 Å². The van der Waals surface area contributed by atoms with E-state index in [1.54, 1.807) is 0 Å². The molecule has 0 bridgehead atoms. The van der Waals surface area contributed by atoms with Crippen molar-refractivity contribution in [1.29, 1.82) is 0 Å². The maximum atomic E-state index is 11.6. The Bertz CT molecular complexity index is 224. The van der Waals surface area contributed by atoms with Gasteiger partial charge in [-0.3, -0.25) is 9.69 Å². The van der Waals surface area contributed by atoms with Gasteiger partial charge in [-0.2, -0.15) is 0 Å². The number of piperidine rings is 1. The molecule has 0 aromatic rings. The second kappa shape index (κ2) is 8.72. The summed E-state index contributed by atoms with van der Waals surface area (Å²) in [5, 5.41) is 2.91. The average molecular weight is 264 g/mol. The molecule has 102 valence electrons. The molecule has 0 aromatic heterocycles. The topological polar surface area (TPSA) is 58.4 Å². The molecule has 0 spiro atoms. The molecular weight excluding hydrogens is 238 g/mol. The van der Waals surface area contributed by atoms with Crippen LogP contribution in [0.2, 0.25) is 0 Å². The summed E-state index contributed by atoms with van der Waals surface area (Å²) >= 11 is 0. The van der Waals surface area contributed by atoms with Gasteiger partial charge in [-0.15, -0.1) is 12.4 Å². The minimum atomic E-state index is 0. The van der Waals surface area contributed by atoms with Crippen molar-refractivity contribution in [2.45, 2.75) is 39.2 Å². The SMILES string of the molecule is CCCNC(=O)CN1CCCC(C(C)N)C1.Cl. The van der Waals surface area contributed by atoms with Gasteiger partial charge in [0.15, 0.2) is 0 Å². The van der Waals surface area contributed by atoms with Gasteiger partial charge in [-0.25, -0.2) is 0 Å². The van der Waals surface area contributed by atoms with E-state index >= 15 is 0 Å². The van der Waals surface area contributed by atoms with E-state index in [0.29, 0.717) is 12.5 Å². The minimum Gasteiger partial charge on any atom is -0.355 e. The summed E-state index contributed by atoms with van der Waals surface area (Å²) in [6, 6.07) is 0.238. The van der Waals surface area contributed by atoms with Gasteiger partial charge in [0, 0.05) is 19.1 Å². The third-order valence-corrected chi connectivity index (χ3v) is 3.22. The number of halogens is 1. The predicted molar refractivity (Wildman–Crippen MR) is 73.4 cm³/mol. The molecular formula is C12H26ClN3O. The summed E-state index contributed by atoms with van der Waals surface area (Å²) in [7, 11) is 0. The highest BCUT2D eigenvalue weighted by Gasteiger charge is 2.23. The highest BCUT2D eigenvalue weighted by atomic mass is 35.5. The number of carbonyl (C=O) groups is 1. The lowest BCUT2D eigenvalue weighted by atomic mass is 9.92. The van der Waals surface area contributed by atoms with E-state index in [9.17, 15) is 4.79 Å². The first-order valence-electron chi connectivity index (χ1n) is 6.38. The van der Waals surface area contributed by atoms with Crippen molar-refractivity contribution in [2.24, 2.45) is 11.7 Å². The molecule has 2 unspecified atom stereocenters. The van der Waals surface area contributed by atoms with Crippen molar-refractivity contribution >= 4 is 18.3 Å². The van der Waals surface area contributed by atoms with Crippen molar-refractivity contribution in [1.82, 2.24) is 10.2 Å². The van der Waals surface area contributed by atoms with E-state index in [-0.39, 0.29) is 24.4 Å². The van der Waals surface area contributed by atoms with Gasteiger partial charge in [0.1, 0.15) is 0 Å². The summed E-state index contributed by atoms with van der Waals surface area (Å²) in [5.74, 6) is 0.694. The Morgan fingerprint density at radius 2 is 2.29 bits per heavy atom. The van der Waals surface area contributed by atoms with Crippen LogP contribution in [-0.4, -0.2) is 43.0 Å². The molecule has 4 nitrogen and oxygen atoms in total. The van der Waals surface area contributed by atoms with E-state index in [4.69, 9.17) is 5.73 Å². The summed E-state index contributed by atoms with van der Waals surface area (Å²) in [6.07, 6.45) is 3.35. The number of likely N-dealkylation sites (tertiary alicyclic amines) is 1. The lowest BCUT2D eigenvalue weighted by Crippen LogP contribution is -2.46. The smallest absolute Gasteiger partial charge is 0.234 e. The van der Waals surface area contributed by atoms with Gasteiger partial charge in [0.2, 0.25) is 5.91 Å². The zero-order chi connectivity index (χ0) is 12.0. The predicted octanol–water partition coefficient (Wildman–Crippen LogP) is 0.994. The number of amides is 1. The van der Waals surface area contributed by atoms with Crippen LogP contribution in [-0.2, 0) is 4.79 Å². The molecule has 0 radical (unpaired) electrons. The fraction of sp³-hybridized carbons (Fsp3) is 0.917. The highest BCUT2D eigenvalue weighted by Crippen LogP contribution is 2.18. The van der Waals surface area contributed by atoms with Crippen LogP contribution in [0, 0.1) is 5.92 Å². The minimum absolute atomic E-state index is 0. The van der Waals surface area contributed by atoms with E-state index < -0.39 is 0 Å². The second-order valence-electron chi connectivity index (χ2n) is 4.85. The quantitative estimate of drug-likeness (QED) is 0.778. The normalized spacial score (nSPS) is 22.6. The number of nitrogens with one attached hydrogen (secondary N) is 1. The third kappa shape index (κ3) is 6.24. The van der Waals surface area contributed by atoms with E-state index in [1.807, 2.05) is 0 Å². The molecule has 1 amide bonds. The van der Waals surface area contributed by atoms with E-state index in [1.165, 1.54) is 6.42 Å². The Balaban J connectivity index is 0.00000256. The first-order chi connectivity index (χ1) is 7.63. The number of hydrogen-bond donors (Lipinski definition) is 2. The maximum absolute atomic E-state index is 11.6. The van der Waals surface area contributed by atoms with Crippen LogP contribution in [0.1, 0.15) is 33.1 Å². The molecule has 0 saturated carbocycles. The van der Waals surface area contributed by atoms with Crippen LogP contribution >= 0.6 is 12.4 Å². The number of rotatable bonds is 5. The molecule has 5 heteroatoms. The first-order valence-corrected chi connectivity index (χ1v) is 6.38. The Morgan fingerprint density at radius 1 is 1.59 bits per heavy atom. The van der Waals surface area contributed by atoms with Crippen molar-refractivity contribution < 1.29 is 4.79 Å². The van der Waals surface area contributed by atoms with Gasteiger partial charge in [-0.1, -0.05) is 6.92 Å². The third-order valence-electron chi connectivity index (χ3n) is 3.22. The number of nitrogens with zero attached hydrogens (tertiary/aromatic N) is 1. The fourth-order valence-electron chi connectivity index (χ4n) is 2.19. The molecule has 17 heavy (non-hydrogen) atoms. The number of hydrogen-bond acceptors (Lipinski definition) is 3. The molecule has 2 atom stereocenters.